The molecule has 2 rings (SSSR count). The molecule has 0 spiro atoms. The summed E-state index contributed by atoms with van der Waals surface area (Å²) < 4.78 is 6.44. The van der Waals surface area contributed by atoms with Crippen LogP contribution in [0.5, 0.6) is 0 Å². The van der Waals surface area contributed by atoms with E-state index in [2.05, 4.69) is 31.4 Å². The van der Waals surface area contributed by atoms with Crippen molar-refractivity contribution >= 4 is 33.5 Å². The predicted octanol–water partition coefficient (Wildman–Crippen LogP) is 4.31. The van der Waals surface area contributed by atoms with E-state index in [-0.39, 0.29) is 11.4 Å². The SMILES string of the molecule is CC(Cl)c1nnc(NC(C)c2ccc(Br)cc2)o1. The first-order chi connectivity index (χ1) is 8.56. The quantitative estimate of drug-likeness (QED) is 0.849. The molecule has 2 unspecified atom stereocenters. The summed E-state index contributed by atoms with van der Waals surface area (Å²) in [6.07, 6.45) is 0. The number of anilines is 1. The van der Waals surface area contributed by atoms with Crippen molar-refractivity contribution in [1.29, 1.82) is 0 Å². The monoisotopic (exact) mass is 329 g/mol. The van der Waals surface area contributed by atoms with E-state index >= 15 is 0 Å². The minimum atomic E-state index is -0.281. The molecule has 6 heteroatoms. The van der Waals surface area contributed by atoms with E-state index in [1.54, 1.807) is 6.92 Å². The molecule has 0 saturated carbocycles. The van der Waals surface area contributed by atoms with Gasteiger partial charge >= 0.3 is 6.01 Å². The van der Waals surface area contributed by atoms with Gasteiger partial charge in [-0.3, -0.25) is 0 Å². The third kappa shape index (κ3) is 3.23. The summed E-state index contributed by atoms with van der Waals surface area (Å²) in [6, 6.07) is 8.51. The van der Waals surface area contributed by atoms with Crippen molar-refractivity contribution in [3.63, 3.8) is 0 Å². The summed E-state index contributed by atoms with van der Waals surface area (Å²) in [5.74, 6) is 0.419. The molecule has 0 fully saturated rings. The molecular formula is C12H13BrClN3O. The minimum Gasteiger partial charge on any atom is -0.406 e. The first-order valence-electron chi connectivity index (χ1n) is 5.55. The highest BCUT2D eigenvalue weighted by molar-refractivity contribution is 9.10. The standard InChI is InChI=1S/C12H13BrClN3O/c1-7(14)11-16-17-12(18-11)15-8(2)9-3-5-10(13)6-4-9/h3-8H,1-2H3,(H,15,17). The molecule has 2 aromatic rings. The van der Waals surface area contributed by atoms with Crippen LogP contribution in [-0.2, 0) is 0 Å². The predicted molar refractivity (Wildman–Crippen MR) is 74.7 cm³/mol. The number of nitrogens with one attached hydrogen (secondary N) is 1. The normalized spacial score (nSPS) is 14.2. The highest BCUT2D eigenvalue weighted by Crippen LogP contribution is 2.23. The molecule has 0 aliphatic carbocycles. The molecule has 0 radical (unpaired) electrons. The third-order valence-corrected chi connectivity index (χ3v) is 3.21. The highest BCUT2D eigenvalue weighted by Gasteiger charge is 2.13. The summed E-state index contributed by atoms with van der Waals surface area (Å²) in [6.45, 7) is 3.81. The van der Waals surface area contributed by atoms with Crippen LogP contribution in [-0.4, -0.2) is 10.2 Å². The Kier molecular flexibility index (Phi) is 4.24. The van der Waals surface area contributed by atoms with E-state index in [0.29, 0.717) is 11.9 Å². The fraction of sp³-hybridized carbons (Fsp3) is 0.333. The van der Waals surface area contributed by atoms with Gasteiger partial charge in [-0.25, -0.2) is 0 Å². The second-order valence-corrected chi connectivity index (χ2v) is 5.55. The first kappa shape index (κ1) is 13.4. The molecule has 0 amide bonds. The van der Waals surface area contributed by atoms with Gasteiger partial charge in [-0.2, -0.15) is 0 Å². The lowest BCUT2D eigenvalue weighted by molar-refractivity contribution is 0.502. The summed E-state index contributed by atoms with van der Waals surface area (Å²) in [7, 11) is 0. The molecule has 2 atom stereocenters. The first-order valence-corrected chi connectivity index (χ1v) is 6.78. The molecule has 1 aromatic heterocycles. The Morgan fingerprint density at radius 1 is 1.22 bits per heavy atom. The van der Waals surface area contributed by atoms with E-state index in [1.165, 1.54) is 0 Å². The third-order valence-electron chi connectivity index (χ3n) is 2.49. The summed E-state index contributed by atoms with van der Waals surface area (Å²) in [5, 5.41) is 10.6. The van der Waals surface area contributed by atoms with E-state index in [9.17, 15) is 0 Å². The van der Waals surface area contributed by atoms with E-state index in [0.717, 1.165) is 10.0 Å². The van der Waals surface area contributed by atoms with Crippen LogP contribution in [0.2, 0.25) is 0 Å². The number of alkyl halides is 1. The Hall–Kier alpha value is -1.07. The molecule has 0 aliphatic rings. The van der Waals surface area contributed by atoms with Crippen LogP contribution < -0.4 is 5.32 Å². The van der Waals surface area contributed by atoms with Gasteiger partial charge in [0.1, 0.15) is 5.38 Å². The Morgan fingerprint density at radius 2 is 1.89 bits per heavy atom. The maximum absolute atomic E-state index is 5.86. The van der Waals surface area contributed by atoms with Crippen molar-refractivity contribution in [2.45, 2.75) is 25.3 Å². The van der Waals surface area contributed by atoms with Crippen LogP contribution in [0.25, 0.3) is 0 Å². The average molecular weight is 331 g/mol. The number of hydrogen-bond donors (Lipinski definition) is 1. The van der Waals surface area contributed by atoms with Crippen LogP contribution >= 0.6 is 27.5 Å². The van der Waals surface area contributed by atoms with Crippen molar-refractivity contribution in [3.8, 4) is 0 Å². The lowest BCUT2D eigenvalue weighted by Gasteiger charge is -2.12. The van der Waals surface area contributed by atoms with Crippen molar-refractivity contribution in [2.24, 2.45) is 0 Å². The molecule has 18 heavy (non-hydrogen) atoms. The summed E-state index contributed by atoms with van der Waals surface area (Å²) in [4.78, 5) is 0. The van der Waals surface area contributed by atoms with Crippen LogP contribution in [0.3, 0.4) is 0 Å². The molecule has 0 aliphatic heterocycles. The topological polar surface area (TPSA) is 51.0 Å². The lowest BCUT2D eigenvalue weighted by Crippen LogP contribution is -2.06. The zero-order valence-electron chi connectivity index (χ0n) is 10.0. The van der Waals surface area contributed by atoms with E-state index in [1.807, 2.05) is 31.2 Å². The largest absolute Gasteiger partial charge is 0.406 e. The fourth-order valence-corrected chi connectivity index (χ4v) is 1.83. The van der Waals surface area contributed by atoms with Crippen molar-refractivity contribution < 1.29 is 4.42 Å². The van der Waals surface area contributed by atoms with E-state index < -0.39 is 0 Å². The average Bonchev–Trinajstić information content (AvgIpc) is 2.78. The Balaban J connectivity index is 2.06. The van der Waals surface area contributed by atoms with Gasteiger partial charge in [0.25, 0.3) is 0 Å². The molecule has 1 aromatic carbocycles. The Morgan fingerprint density at radius 3 is 2.44 bits per heavy atom. The van der Waals surface area contributed by atoms with Crippen LogP contribution in [0.15, 0.2) is 33.2 Å². The molecule has 1 N–H and O–H groups in total. The van der Waals surface area contributed by atoms with Gasteiger partial charge in [0.15, 0.2) is 0 Å². The summed E-state index contributed by atoms with van der Waals surface area (Å²) in [5.41, 5.74) is 1.14. The smallest absolute Gasteiger partial charge is 0.315 e. The Labute approximate surface area is 119 Å². The lowest BCUT2D eigenvalue weighted by atomic mass is 10.1. The molecule has 1 heterocycles. The van der Waals surface area contributed by atoms with Gasteiger partial charge in [-0.05, 0) is 31.5 Å². The van der Waals surface area contributed by atoms with Gasteiger partial charge in [0, 0.05) is 4.47 Å². The highest BCUT2D eigenvalue weighted by atomic mass is 79.9. The zero-order valence-corrected chi connectivity index (χ0v) is 12.4. The number of nitrogens with zero attached hydrogens (tertiary/aromatic N) is 2. The van der Waals surface area contributed by atoms with Crippen LogP contribution in [0.4, 0.5) is 6.01 Å². The fourth-order valence-electron chi connectivity index (χ4n) is 1.47. The minimum absolute atomic E-state index is 0.0806. The number of aromatic nitrogens is 2. The second-order valence-electron chi connectivity index (χ2n) is 3.98. The molecule has 4 nitrogen and oxygen atoms in total. The number of hydrogen-bond acceptors (Lipinski definition) is 4. The maximum atomic E-state index is 5.86. The second kappa shape index (κ2) is 5.71. The van der Waals surface area contributed by atoms with Gasteiger partial charge in [0.05, 0.1) is 6.04 Å². The van der Waals surface area contributed by atoms with Gasteiger partial charge in [-0.15, -0.1) is 16.7 Å². The maximum Gasteiger partial charge on any atom is 0.315 e. The van der Waals surface area contributed by atoms with Gasteiger partial charge in [0.2, 0.25) is 5.89 Å². The zero-order chi connectivity index (χ0) is 13.1. The number of halogens is 2. The molecular weight excluding hydrogens is 318 g/mol. The number of benzene rings is 1. The van der Waals surface area contributed by atoms with Crippen molar-refractivity contribution in [2.75, 3.05) is 5.32 Å². The molecule has 0 bridgehead atoms. The van der Waals surface area contributed by atoms with Gasteiger partial charge in [-0.1, -0.05) is 33.2 Å². The number of rotatable bonds is 4. The van der Waals surface area contributed by atoms with Crippen LogP contribution in [0.1, 0.15) is 36.7 Å². The molecule has 0 saturated heterocycles. The van der Waals surface area contributed by atoms with Crippen molar-refractivity contribution in [1.82, 2.24) is 10.2 Å². The summed E-state index contributed by atoms with van der Waals surface area (Å²) >= 11 is 9.26. The van der Waals surface area contributed by atoms with Crippen molar-refractivity contribution in [3.05, 3.63) is 40.2 Å². The Bertz CT molecular complexity index is 512. The van der Waals surface area contributed by atoms with Gasteiger partial charge < -0.3 is 9.73 Å². The van der Waals surface area contributed by atoms with E-state index in [4.69, 9.17) is 16.0 Å². The molecule has 96 valence electrons. The van der Waals surface area contributed by atoms with Crippen LogP contribution in [0, 0.1) is 0 Å².